The maximum atomic E-state index is 10.3. The van der Waals surface area contributed by atoms with E-state index in [9.17, 15) is 15.3 Å². The molecule has 0 atom stereocenters. The second-order valence-corrected chi connectivity index (χ2v) is 9.21. The highest BCUT2D eigenvalue weighted by molar-refractivity contribution is 9.11. The monoisotopic (exact) mass is 569 g/mol. The molecule has 7 heteroatoms. The van der Waals surface area contributed by atoms with Crippen molar-refractivity contribution >= 4 is 47.8 Å². The average molecular weight is 572 g/mol. The molecule has 3 aromatic rings. The zero-order chi connectivity index (χ0) is 20.3. The van der Waals surface area contributed by atoms with E-state index in [4.69, 9.17) is 0 Å². The summed E-state index contributed by atoms with van der Waals surface area (Å²) in [6, 6.07) is 15.9. The van der Waals surface area contributed by atoms with Gasteiger partial charge in [0.15, 0.2) is 0 Å². The highest BCUT2D eigenvalue weighted by atomic mass is 79.9. The number of phenolic OH excluding ortho intramolecular Hbond substituents is 3. The van der Waals surface area contributed by atoms with Crippen LogP contribution in [0.4, 0.5) is 0 Å². The summed E-state index contributed by atoms with van der Waals surface area (Å²) in [6.45, 7) is 1.30. The number of nitrogens with zero attached hydrogens (tertiary/aromatic N) is 1. The Labute approximate surface area is 188 Å². The smallest absolute Gasteiger partial charge is 0.120 e. The Kier molecular flexibility index (Phi) is 7.04. The molecule has 0 aliphatic carbocycles. The second-order valence-electron chi connectivity index (χ2n) is 6.46. The summed E-state index contributed by atoms with van der Waals surface area (Å²) in [5.41, 5.74) is 2.25. The van der Waals surface area contributed by atoms with E-state index in [-0.39, 0.29) is 17.2 Å². The molecular formula is C21H18Br3NO3. The lowest BCUT2D eigenvalue weighted by Crippen LogP contribution is -2.22. The van der Waals surface area contributed by atoms with Crippen molar-refractivity contribution in [3.8, 4) is 17.2 Å². The highest BCUT2D eigenvalue weighted by Crippen LogP contribution is 2.30. The van der Waals surface area contributed by atoms with Gasteiger partial charge in [0.1, 0.15) is 17.2 Å². The number of aromatic hydroxyl groups is 3. The Balaban J connectivity index is 1.94. The van der Waals surface area contributed by atoms with E-state index < -0.39 is 0 Å². The van der Waals surface area contributed by atoms with Crippen LogP contribution in [-0.2, 0) is 19.6 Å². The fraction of sp³-hybridized carbons (Fsp3) is 0.143. The average Bonchev–Trinajstić information content (AvgIpc) is 2.64. The normalized spacial score (nSPS) is 11.1. The summed E-state index contributed by atoms with van der Waals surface area (Å²) >= 11 is 10.3. The molecule has 146 valence electrons. The third kappa shape index (κ3) is 5.50. The van der Waals surface area contributed by atoms with Crippen molar-refractivity contribution in [3.05, 3.63) is 84.7 Å². The van der Waals surface area contributed by atoms with Crippen LogP contribution >= 0.6 is 47.8 Å². The molecule has 0 aliphatic rings. The van der Waals surface area contributed by atoms with E-state index in [2.05, 4.69) is 47.8 Å². The molecule has 0 bridgehead atoms. The predicted octanol–water partition coefficient (Wildman–Crippen LogP) is 6.29. The quantitative estimate of drug-likeness (QED) is 0.325. The van der Waals surface area contributed by atoms with Gasteiger partial charge in [-0.05, 0) is 54.6 Å². The Morgan fingerprint density at radius 1 is 0.536 bits per heavy atom. The lowest BCUT2D eigenvalue weighted by atomic mass is 10.1. The van der Waals surface area contributed by atoms with Gasteiger partial charge in [-0.2, -0.15) is 0 Å². The first-order valence-electron chi connectivity index (χ1n) is 8.46. The number of phenols is 3. The molecule has 0 saturated carbocycles. The number of hydrogen-bond donors (Lipinski definition) is 3. The van der Waals surface area contributed by atoms with Gasteiger partial charge in [-0.25, -0.2) is 0 Å². The van der Waals surface area contributed by atoms with Crippen molar-refractivity contribution in [1.82, 2.24) is 4.90 Å². The lowest BCUT2D eigenvalue weighted by molar-refractivity contribution is 0.238. The molecule has 0 aliphatic heterocycles. The fourth-order valence-electron chi connectivity index (χ4n) is 2.93. The van der Waals surface area contributed by atoms with Crippen LogP contribution in [0.5, 0.6) is 17.2 Å². The van der Waals surface area contributed by atoms with Gasteiger partial charge in [-0.1, -0.05) is 47.8 Å². The first-order valence-corrected chi connectivity index (χ1v) is 10.8. The SMILES string of the molecule is Oc1ccc(Br)cc1CN(Cc1cc(Br)ccc1O)Cc1cc(Br)ccc1O. The van der Waals surface area contributed by atoms with Gasteiger partial charge in [-0.15, -0.1) is 0 Å². The van der Waals surface area contributed by atoms with Gasteiger partial charge in [0.25, 0.3) is 0 Å². The largest absolute Gasteiger partial charge is 0.508 e. The number of hydrogen-bond acceptors (Lipinski definition) is 4. The van der Waals surface area contributed by atoms with Crippen LogP contribution in [0.15, 0.2) is 68.0 Å². The van der Waals surface area contributed by atoms with Gasteiger partial charge in [-0.3, -0.25) is 4.90 Å². The van der Waals surface area contributed by atoms with Gasteiger partial charge in [0, 0.05) is 49.7 Å². The molecule has 3 aromatic carbocycles. The van der Waals surface area contributed by atoms with Gasteiger partial charge in [0.2, 0.25) is 0 Å². The van der Waals surface area contributed by atoms with Crippen LogP contribution in [0.1, 0.15) is 16.7 Å². The fourth-order valence-corrected chi connectivity index (χ4v) is 4.16. The van der Waals surface area contributed by atoms with Crippen molar-refractivity contribution in [2.24, 2.45) is 0 Å². The molecule has 0 fully saturated rings. The molecule has 0 spiro atoms. The zero-order valence-electron chi connectivity index (χ0n) is 14.7. The first kappa shape index (κ1) is 21.2. The molecule has 0 unspecified atom stereocenters. The summed E-state index contributed by atoms with van der Waals surface area (Å²) in [7, 11) is 0. The standard InChI is InChI=1S/C21H18Br3NO3/c22-16-1-4-19(26)13(7-16)10-25(11-14-8-17(23)2-5-20(14)27)12-15-9-18(24)3-6-21(15)28/h1-9,26-28H,10-12H2. The van der Waals surface area contributed by atoms with E-state index >= 15 is 0 Å². The summed E-state index contributed by atoms with van der Waals surface area (Å²) in [6.07, 6.45) is 0. The lowest BCUT2D eigenvalue weighted by Gasteiger charge is -2.24. The molecule has 0 amide bonds. The molecule has 0 aromatic heterocycles. The topological polar surface area (TPSA) is 63.9 Å². The van der Waals surface area contributed by atoms with Gasteiger partial charge >= 0.3 is 0 Å². The highest BCUT2D eigenvalue weighted by Gasteiger charge is 2.15. The maximum Gasteiger partial charge on any atom is 0.120 e. The Hall–Kier alpha value is -1.54. The Morgan fingerprint density at radius 2 is 0.821 bits per heavy atom. The van der Waals surface area contributed by atoms with Crippen LogP contribution < -0.4 is 0 Å². The summed E-state index contributed by atoms with van der Waals surface area (Å²) in [5, 5.41) is 30.8. The van der Waals surface area contributed by atoms with Crippen LogP contribution in [-0.4, -0.2) is 20.2 Å². The molecule has 4 nitrogen and oxygen atoms in total. The van der Waals surface area contributed by atoms with Gasteiger partial charge < -0.3 is 15.3 Å². The van der Waals surface area contributed by atoms with Crippen molar-refractivity contribution in [3.63, 3.8) is 0 Å². The van der Waals surface area contributed by atoms with E-state index in [1.54, 1.807) is 36.4 Å². The summed E-state index contributed by atoms with van der Waals surface area (Å²) in [4.78, 5) is 2.05. The van der Waals surface area contributed by atoms with Gasteiger partial charge in [0.05, 0.1) is 0 Å². The van der Waals surface area contributed by atoms with E-state index in [1.807, 2.05) is 23.1 Å². The second kappa shape index (κ2) is 9.31. The summed E-state index contributed by atoms with van der Waals surface area (Å²) < 4.78 is 2.61. The minimum atomic E-state index is 0.199. The number of benzene rings is 3. The van der Waals surface area contributed by atoms with Crippen molar-refractivity contribution in [2.75, 3.05) is 0 Å². The van der Waals surface area contributed by atoms with E-state index in [0.29, 0.717) is 19.6 Å². The molecule has 3 N–H and O–H groups in total. The third-order valence-corrected chi connectivity index (χ3v) is 5.79. The third-order valence-electron chi connectivity index (χ3n) is 4.31. The summed E-state index contributed by atoms with van der Waals surface area (Å²) in [5.74, 6) is 0.598. The molecule has 0 saturated heterocycles. The Bertz CT molecular complexity index is 867. The molecule has 28 heavy (non-hydrogen) atoms. The minimum Gasteiger partial charge on any atom is -0.508 e. The van der Waals surface area contributed by atoms with Crippen LogP contribution in [0, 0.1) is 0 Å². The van der Waals surface area contributed by atoms with E-state index in [1.165, 1.54) is 0 Å². The van der Waals surface area contributed by atoms with E-state index in [0.717, 1.165) is 30.1 Å². The van der Waals surface area contributed by atoms with Crippen LogP contribution in [0.25, 0.3) is 0 Å². The molecule has 0 heterocycles. The van der Waals surface area contributed by atoms with Crippen molar-refractivity contribution in [2.45, 2.75) is 19.6 Å². The number of halogens is 3. The predicted molar refractivity (Wildman–Crippen MR) is 120 cm³/mol. The van der Waals surface area contributed by atoms with Crippen molar-refractivity contribution < 1.29 is 15.3 Å². The number of rotatable bonds is 6. The van der Waals surface area contributed by atoms with Crippen molar-refractivity contribution in [1.29, 1.82) is 0 Å². The van der Waals surface area contributed by atoms with Crippen LogP contribution in [0.2, 0.25) is 0 Å². The van der Waals surface area contributed by atoms with Crippen LogP contribution in [0.3, 0.4) is 0 Å². The molecule has 3 rings (SSSR count). The minimum absolute atomic E-state index is 0.199. The zero-order valence-corrected chi connectivity index (χ0v) is 19.5. The molecule has 0 radical (unpaired) electrons. The first-order chi connectivity index (χ1) is 13.3. The maximum absolute atomic E-state index is 10.3. The Morgan fingerprint density at radius 3 is 1.11 bits per heavy atom. The molecular weight excluding hydrogens is 554 g/mol.